The topological polar surface area (TPSA) is 498 Å². The number of alkyl carbamates (subject to hydrolysis) is 1. The minimum atomic E-state index is -1.95. The summed E-state index contributed by atoms with van der Waals surface area (Å²) in [6.07, 6.45) is -2.56. The highest BCUT2D eigenvalue weighted by atomic mass is 35.5. The van der Waals surface area contributed by atoms with Crippen LogP contribution in [0, 0.1) is 11.8 Å². The lowest BCUT2D eigenvalue weighted by molar-refractivity contribution is -0.145. The number of carboxylic acids is 1. The number of aliphatic carboxylic acids is 1. The molecule has 646 valence electrons. The van der Waals surface area contributed by atoms with Crippen molar-refractivity contribution in [3.63, 3.8) is 0 Å². The van der Waals surface area contributed by atoms with Gasteiger partial charge in [0.2, 0.25) is 41.4 Å². The van der Waals surface area contributed by atoms with Gasteiger partial charge < -0.3 is 102 Å². The Morgan fingerprint density at radius 3 is 2.26 bits per heavy atom. The quantitative estimate of drug-likeness (QED) is 0.0306. The van der Waals surface area contributed by atoms with Crippen LogP contribution in [0.4, 0.5) is 15.3 Å². The molecule has 3 aromatic rings. The summed E-state index contributed by atoms with van der Waals surface area (Å²) in [6, 6.07) is 4.60. The summed E-state index contributed by atoms with van der Waals surface area (Å²) in [5.41, 5.74) is 13.8. The number of nitrogens with zero attached hydrogens (tertiary/aromatic N) is 2. The molecule has 0 aromatic heterocycles. The number of likely N-dealkylation sites (N-methyl/N-ethyl adjacent to an activating group) is 1. The molecule has 4 heterocycles. The number of benzene rings is 3. The van der Waals surface area contributed by atoms with Gasteiger partial charge in [0.05, 0.1) is 55.7 Å². The van der Waals surface area contributed by atoms with Crippen LogP contribution < -0.4 is 58.3 Å². The number of anilines is 1. The van der Waals surface area contributed by atoms with Gasteiger partial charge in [-0.3, -0.25) is 48.5 Å². The number of fused-ring (bicyclic) bond motifs is 6. The number of nitrogens with one attached hydrogen (secondary N) is 7. The molecule has 3 aromatic carbocycles. The van der Waals surface area contributed by atoms with E-state index >= 15 is 9.59 Å². The average molecular weight is 1740 g/mol. The number of nitrogens with two attached hydrogens (primary N) is 2. The number of rotatable bonds is 26. The first kappa shape index (κ1) is 95.0. The average Bonchev–Trinajstić information content (AvgIpc) is 1.57. The zero-order valence-electron chi connectivity index (χ0n) is 67.4. The van der Waals surface area contributed by atoms with Crippen molar-refractivity contribution in [1.29, 1.82) is 0 Å². The molecule has 18 atom stereocenters. The van der Waals surface area contributed by atoms with E-state index in [1.807, 2.05) is 43.3 Å². The number of allylic oxidation sites excluding steroid dienone is 4. The van der Waals surface area contributed by atoms with Crippen molar-refractivity contribution in [1.82, 2.24) is 42.1 Å². The molecule has 0 radical (unpaired) electrons. The third-order valence-corrected chi connectivity index (χ3v) is 26.7. The number of amides is 9. The number of Topliss-reactive ketones (excluding diaryl/α,β-unsaturated/α-hetero) is 2. The van der Waals surface area contributed by atoms with Gasteiger partial charge in [-0.1, -0.05) is 128 Å². The summed E-state index contributed by atoms with van der Waals surface area (Å²) in [5.74, 6) is -11.4. The lowest BCUT2D eigenvalue weighted by atomic mass is 9.83. The number of carbonyl (C=O) groups is 12. The Hall–Kier alpha value is -8.47. The summed E-state index contributed by atoms with van der Waals surface area (Å²) >= 11 is 6.88. The Morgan fingerprint density at radius 2 is 1.58 bits per heavy atom. The molecular formula is C80H108ClN11O22S4. The second-order valence-electron chi connectivity index (χ2n) is 30.3. The molecule has 118 heavy (non-hydrogen) atoms. The molecule has 38 heteroatoms. The number of carbonyl (C=O) groups excluding carboxylic acids is 11. The lowest BCUT2D eigenvalue weighted by Crippen LogP contribution is -2.63. The van der Waals surface area contributed by atoms with Crippen LogP contribution in [0.3, 0.4) is 0 Å². The number of phenolic OH excluding ortho intramolecular Hbond substituents is 1. The van der Waals surface area contributed by atoms with E-state index in [0.29, 0.717) is 30.4 Å². The van der Waals surface area contributed by atoms with E-state index in [4.69, 9.17) is 46.8 Å². The molecule has 4 bridgehead atoms. The van der Waals surface area contributed by atoms with Crippen LogP contribution in [0.1, 0.15) is 115 Å². The van der Waals surface area contributed by atoms with Gasteiger partial charge >= 0.3 is 18.2 Å². The number of hydrogen-bond acceptors (Lipinski definition) is 27. The largest absolute Gasteiger partial charge is 0.508 e. The Balaban J connectivity index is 0.990. The number of ether oxygens (including phenoxy) is 5. The van der Waals surface area contributed by atoms with E-state index < -0.39 is 198 Å². The maximum absolute atomic E-state index is 15.2. The van der Waals surface area contributed by atoms with Crippen LogP contribution in [0.2, 0.25) is 5.02 Å². The molecule has 0 saturated carbocycles. The van der Waals surface area contributed by atoms with Crippen LogP contribution >= 0.6 is 54.8 Å². The number of aliphatic hydroxyl groups is 3. The Kier molecular flexibility index (Phi) is 35.2. The van der Waals surface area contributed by atoms with E-state index in [2.05, 4.69) is 37.2 Å². The minimum absolute atomic E-state index is 0.0538. The predicted octanol–water partition coefficient (Wildman–Crippen LogP) is 4.08. The van der Waals surface area contributed by atoms with E-state index in [-0.39, 0.29) is 84.5 Å². The van der Waals surface area contributed by atoms with Crippen molar-refractivity contribution in [2.75, 3.05) is 62.8 Å². The van der Waals surface area contributed by atoms with Gasteiger partial charge in [-0.2, -0.15) is 0 Å². The molecule has 4 aliphatic heterocycles. The zero-order valence-corrected chi connectivity index (χ0v) is 71.4. The highest BCUT2D eigenvalue weighted by Gasteiger charge is 2.65. The number of aromatic hydroxyl groups is 1. The summed E-state index contributed by atoms with van der Waals surface area (Å²) in [7, 11) is 9.75. The maximum atomic E-state index is 15.2. The van der Waals surface area contributed by atoms with Gasteiger partial charge in [0.15, 0.2) is 23.3 Å². The molecule has 9 amide bonds. The second kappa shape index (κ2) is 43.7. The Morgan fingerprint density at radius 1 is 0.890 bits per heavy atom. The van der Waals surface area contributed by atoms with Gasteiger partial charge in [-0.25, -0.2) is 14.4 Å². The molecule has 33 nitrogen and oxygen atoms in total. The number of epoxide rings is 1. The summed E-state index contributed by atoms with van der Waals surface area (Å²) < 4.78 is 29.6. The third-order valence-electron chi connectivity index (χ3n) is 21.4. The SMILES string of the molecule is COc1cc2cc(c1Cl)N(C)C(=O)C[C@H](OC(=O)N(C)C(C)C(=O)CCSSC[C@@H](N)C(=O)N[C@H]1CSSC[C@@H](C(=O)N[C@H](C(=O)O)[C@@H](C)O)NC(=O)[C@H]([C@@H](C)O)NC(=O)[C@H](CCCCN)NC(=O)[C@@H](CC3=CCc4ccccc43)NC(=O)[C@H](Cc3ccc(O)cc3)CC1=O)[C@]1(C)O[C@H]1[C@H](C)[C@@H]1C[C@@](O)(NC(=O)O1)[C@H](OC)/C=C/C=C(\C)C2. The third kappa shape index (κ3) is 25.6. The van der Waals surface area contributed by atoms with Gasteiger partial charge in [-0.05, 0) is 132 Å². The van der Waals surface area contributed by atoms with Crippen LogP contribution in [-0.4, -0.2) is 256 Å². The molecule has 8 rings (SSSR count). The molecule has 3 saturated heterocycles. The molecule has 0 spiro atoms. The van der Waals surface area contributed by atoms with Crippen molar-refractivity contribution in [2.24, 2.45) is 23.3 Å². The molecule has 5 aliphatic rings. The summed E-state index contributed by atoms with van der Waals surface area (Å²) in [5, 5.41) is 71.8. The molecule has 1 unspecified atom stereocenters. The minimum Gasteiger partial charge on any atom is -0.508 e. The highest BCUT2D eigenvalue weighted by molar-refractivity contribution is 8.77. The molecule has 1 aliphatic carbocycles. The lowest BCUT2D eigenvalue weighted by Gasteiger charge is -2.42. The fourth-order valence-corrected chi connectivity index (χ4v) is 18.9. The number of hydrogen-bond donors (Lipinski definition) is 14. The number of phenols is 1. The summed E-state index contributed by atoms with van der Waals surface area (Å²) in [6.45, 7) is 9.22. The number of ketones is 2. The first-order valence-electron chi connectivity index (χ1n) is 38.7. The number of methoxy groups -OCH3 is 2. The molecule has 3 fully saturated rings. The van der Waals surface area contributed by atoms with Crippen LogP contribution in [0.15, 0.2) is 90.5 Å². The first-order chi connectivity index (χ1) is 55.9. The highest BCUT2D eigenvalue weighted by Crippen LogP contribution is 2.50. The van der Waals surface area contributed by atoms with Crippen molar-refractivity contribution >= 4 is 137 Å². The fourth-order valence-electron chi connectivity index (χ4n) is 14.1. The Bertz CT molecular complexity index is 4240. The number of halogens is 1. The standard InChI is InChI=1S/C80H108ClN11O22S4/c1-41-16-15-20-63(111-10)80(109)37-62(112-77(107)90-80)42(2)69-79(6,114-69)64(36-65(98)92(8)58-32-47(30-41)33-61(110-9)66(58)81)113-78(108)91(7)43(3)59(96)27-29-115-116-38-53(83)71(100)86-56-39-117-118-40-57(74(103)89-68(45(5)94)76(105)106)87-75(104)67(44(4)93)88-72(101)54(19-13-14-28-82)84-73(102)55(34-49-24-23-48-17-11-12-18-52(48)49)85-70(99)50(35-60(56)97)31-46-21-25-51(95)26-22-46/h11-12,15-18,20-22,24-26,32-33,42-45,50,53-57,62-64,67-69,93-95,109H,13-14,19,23,27-31,34-40,82-83H2,1-10H3,(H,84,102)(H,85,99)(H,86,100)(H,87,104)(H,88,101)(H,89,103)(H,90,107)(H,105,106)/b20-15+,41-16+/t42-,43?,44-,45-,50-,53-,54+,55-,56+,57+,62+,63-,64+,67+,68+,69+,79+,80+/m1/s1. The van der Waals surface area contributed by atoms with Gasteiger partial charge in [0.1, 0.15) is 64.6 Å². The number of aliphatic hydroxyl groups excluding tert-OH is 2. The van der Waals surface area contributed by atoms with E-state index in [0.717, 1.165) is 66.5 Å². The van der Waals surface area contributed by atoms with Crippen molar-refractivity contribution in [2.45, 2.75) is 208 Å². The monoisotopic (exact) mass is 1740 g/mol. The maximum Gasteiger partial charge on any atom is 0.410 e. The predicted molar refractivity (Wildman–Crippen MR) is 447 cm³/mol. The Labute approximate surface area is 705 Å². The molecule has 16 N–H and O–H groups in total. The van der Waals surface area contributed by atoms with Crippen molar-refractivity contribution in [3.8, 4) is 11.5 Å². The number of unbranched alkanes of at least 4 members (excludes halogenated alkanes) is 1. The van der Waals surface area contributed by atoms with Gasteiger partial charge in [0, 0.05) is 81.7 Å². The fraction of sp³-hybridized carbons (Fsp3) is 0.550. The van der Waals surface area contributed by atoms with Crippen molar-refractivity contribution in [3.05, 3.63) is 118 Å². The van der Waals surface area contributed by atoms with Crippen LogP contribution in [-0.2, 0) is 86.2 Å². The van der Waals surface area contributed by atoms with Gasteiger partial charge in [-0.15, -0.1) is 0 Å². The summed E-state index contributed by atoms with van der Waals surface area (Å²) in [4.78, 5) is 173. The van der Waals surface area contributed by atoms with E-state index in [1.54, 1.807) is 38.1 Å². The van der Waals surface area contributed by atoms with Crippen LogP contribution in [0.25, 0.3) is 5.57 Å². The zero-order chi connectivity index (χ0) is 86.6. The normalized spacial score (nSPS) is 27.7. The first-order valence-corrected chi connectivity index (χ1v) is 44.0. The van der Waals surface area contributed by atoms with Crippen molar-refractivity contribution < 1.29 is 107 Å². The van der Waals surface area contributed by atoms with E-state index in [9.17, 15) is 73.5 Å². The smallest absolute Gasteiger partial charge is 0.410 e. The van der Waals surface area contributed by atoms with Crippen LogP contribution in [0.5, 0.6) is 11.5 Å². The second-order valence-corrected chi connectivity index (χ2v) is 35.9. The number of carboxylic acid groups (broad SMARTS) is 1. The van der Waals surface area contributed by atoms with E-state index in [1.165, 1.54) is 82.1 Å². The van der Waals surface area contributed by atoms with Gasteiger partial charge in [0.25, 0.3) is 0 Å². The molecular weight excluding hydrogens is 1630 g/mol.